The molecular weight excluding hydrogens is 168 g/mol. The van der Waals surface area contributed by atoms with E-state index in [1.54, 1.807) is 6.92 Å². The predicted octanol–water partition coefficient (Wildman–Crippen LogP) is 2.57. The predicted molar refractivity (Wildman–Crippen MR) is 51.5 cm³/mol. The van der Waals surface area contributed by atoms with Gasteiger partial charge in [0, 0.05) is 6.42 Å². The van der Waals surface area contributed by atoms with Crippen LogP contribution in [0.5, 0.6) is 0 Å². The lowest BCUT2D eigenvalue weighted by Gasteiger charge is -2.09. The molecule has 0 radical (unpaired) electrons. The van der Waals surface area contributed by atoms with Crippen LogP contribution in [-0.4, -0.2) is 17.7 Å². The number of carboxylic acids is 1. The van der Waals surface area contributed by atoms with Gasteiger partial charge in [-0.1, -0.05) is 20.3 Å². The second-order valence-corrected chi connectivity index (χ2v) is 2.91. The van der Waals surface area contributed by atoms with Gasteiger partial charge < -0.3 is 9.84 Å². The summed E-state index contributed by atoms with van der Waals surface area (Å²) in [7, 11) is 0. The topological polar surface area (TPSA) is 46.5 Å². The molecule has 0 bridgehead atoms. The third-order valence-electron chi connectivity index (χ3n) is 1.83. The van der Waals surface area contributed by atoms with Crippen LogP contribution in [0.2, 0.25) is 0 Å². The molecule has 0 aliphatic carbocycles. The van der Waals surface area contributed by atoms with Crippen LogP contribution in [-0.2, 0) is 9.53 Å². The van der Waals surface area contributed by atoms with Gasteiger partial charge in [0.05, 0.1) is 12.2 Å². The molecule has 0 unspecified atom stereocenters. The Hall–Kier alpha value is -0.990. The fraction of sp³-hybridized carbons (Fsp3) is 0.700. The van der Waals surface area contributed by atoms with E-state index in [4.69, 9.17) is 9.84 Å². The molecule has 1 N–H and O–H groups in total. The van der Waals surface area contributed by atoms with E-state index in [1.807, 2.05) is 6.92 Å². The SMILES string of the molecule is CCCCO/C(CC)=C(\C)C(=O)O. The Morgan fingerprint density at radius 1 is 1.38 bits per heavy atom. The number of ether oxygens (including phenoxy) is 1. The standard InChI is InChI=1S/C10H18O3/c1-4-6-7-13-9(5-2)8(3)10(11)12/h4-7H2,1-3H3,(H,11,12)/b9-8+. The van der Waals surface area contributed by atoms with Crippen LogP contribution < -0.4 is 0 Å². The molecule has 0 aromatic carbocycles. The summed E-state index contributed by atoms with van der Waals surface area (Å²) in [6, 6.07) is 0. The molecule has 0 amide bonds. The zero-order chi connectivity index (χ0) is 10.3. The van der Waals surface area contributed by atoms with Crippen molar-refractivity contribution in [3.05, 3.63) is 11.3 Å². The summed E-state index contributed by atoms with van der Waals surface area (Å²) >= 11 is 0. The molecule has 76 valence electrons. The first-order chi connectivity index (χ1) is 6.13. The Kier molecular flexibility index (Phi) is 6.02. The smallest absolute Gasteiger partial charge is 0.334 e. The molecule has 0 heterocycles. The number of hydrogen-bond donors (Lipinski definition) is 1. The van der Waals surface area contributed by atoms with Crippen molar-refractivity contribution in [1.82, 2.24) is 0 Å². The second kappa shape index (κ2) is 6.52. The fourth-order valence-electron chi connectivity index (χ4n) is 0.934. The lowest BCUT2D eigenvalue weighted by Crippen LogP contribution is -2.04. The maximum Gasteiger partial charge on any atom is 0.334 e. The van der Waals surface area contributed by atoms with Gasteiger partial charge in [-0.2, -0.15) is 0 Å². The summed E-state index contributed by atoms with van der Waals surface area (Å²) in [5.41, 5.74) is 0.318. The molecule has 0 saturated heterocycles. The van der Waals surface area contributed by atoms with E-state index < -0.39 is 5.97 Å². The van der Waals surface area contributed by atoms with Gasteiger partial charge in [0.25, 0.3) is 0 Å². The number of allylic oxidation sites excluding steroid dienone is 1. The van der Waals surface area contributed by atoms with Crippen molar-refractivity contribution in [3.8, 4) is 0 Å². The third-order valence-corrected chi connectivity index (χ3v) is 1.83. The molecule has 3 heteroatoms. The number of carbonyl (C=O) groups is 1. The summed E-state index contributed by atoms with van der Waals surface area (Å²) in [5.74, 6) is -0.297. The highest BCUT2D eigenvalue weighted by Gasteiger charge is 2.08. The summed E-state index contributed by atoms with van der Waals surface area (Å²) < 4.78 is 5.35. The van der Waals surface area contributed by atoms with Crippen molar-refractivity contribution < 1.29 is 14.6 Å². The van der Waals surface area contributed by atoms with Gasteiger partial charge in [0.1, 0.15) is 5.76 Å². The summed E-state index contributed by atoms with van der Waals surface area (Å²) in [6.07, 6.45) is 2.67. The van der Waals surface area contributed by atoms with E-state index in [0.717, 1.165) is 12.8 Å². The number of hydrogen-bond acceptors (Lipinski definition) is 2. The Balaban J connectivity index is 4.15. The number of carboxylic acid groups (broad SMARTS) is 1. The second-order valence-electron chi connectivity index (χ2n) is 2.91. The molecule has 0 rings (SSSR count). The molecular formula is C10H18O3. The lowest BCUT2D eigenvalue weighted by molar-refractivity contribution is -0.132. The number of aliphatic carboxylic acids is 1. The van der Waals surface area contributed by atoms with E-state index in [0.29, 0.717) is 24.4 Å². The van der Waals surface area contributed by atoms with Gasteiger partial charge in [-0.05, 0) is 13.3 Å². The molecule has 13 heavy (non-hydrogen) atoms. The molecule has 0 aromatic rings. The largest absolute Gasteiger partial charge is 0.497 e. The quantitative estimate of drug-likeness (QED) is 0.394. The minimum atomic E-state index is -0.895. The Morgan fingerprint density at radius 2 is 2.00 bits per heavy atom. The number of unbranched alkanes of at least 4 members (excludes halogenated alkanes) is 1. The Bertz CT molecular complexity index is 194. The molecule has 0 saturated carbocycles. The van der Waals surface area contributed by atoms with Crippen LogP contribution in [0.25, 0.3) is 0 Å². The summed E-state index contributed by atoms with van der Waals surface area (Å²) in [6.45, 7) is 6.16. The molecule has 0 spiro atoms. The van der Waals surface area contributed by atoms with E-state index in [-0.39, 0.29) is 0 Å². The van der Waals surface area contributed by atoms with Crippen molar-refractivity contribution in [2.24, 2.45) is 0 Å². The van der Waals surface area contributed by atoms with Crippen LogP contribution in [0.3, 0.4) is 0 Å². The Labute approximate surface area is 79.4 Å². The van der Waals surface area contributed by atoms with Crippen molar-refractivity contribution >= 4 is 5.97 Å². The van der Waals surface area contributed by atoms with Gasteiger partial charge in [0.2, 0.25) is 0 Å². The highest BCUT2D eigenvalue weighted by molar-refractivity contribution is 5.86. The minimum absolute atomic E-state index is 0.318. The maximum absolute atomic E-state index is 10.6. The van der Waals surface area contributed by atoms with Gasteiger partial charge in [-0.15, -0.1) is 0 Å². The van der Waals surface area contributed by atoms with Gasteiger partial charge >= 0.3 is 5.97 Å². The average Bonchev–Trinajstić information content (AvgIpc) is 2.11. The molecule has 0 atom stereocenters. The molecule has 0 aromatic heterocycles. The summed E-state index contributed by atoms with van der Waals surface area (Å²) in [5, 5.41) is 8.70. The van der Waals surface area contributed by atoms with Crippen LogP contribution in [0, 0.1) is 0 Å². The molecule has 0 aliphatic rings. The molecule has 3 nitrogen and oxygen atoms in total. The van der Waals surface area contributed by atoms with Crippen molar-refractivity contribution in [2.75, 3.05) is 6.61 Å². The number of rotatable bonds is 6. The van der Waals surface area contributed by atoms with Crippen LogP contribution in [0.15, 0.2) is 11.3 Å². The van der Waals surface area contributed by atoms with Gasteiger partial charge in [-0.3, -0.25) is 0 Å². The summed E-state index contributed by atoms with van der Waals surface area (Å²) in [4.78, 5) is 10.6. The van der Waals surface area contributed by atoms with Crippen molar-refractivity contribution in [2.45, 2.75) is 40.0 Å². The lowest BCUT2D eigenvalue weighted by atomic mass is 10.2. The van der Waals surface area contributed by atoms with E-state index in [1.165, 1.54) is 0 Å². The van der Waals surface area contributed by atoms with Crippen molar-refractivity contribution in [1.29, 1.82) is 0 Å². The van der Waals surface area contributed by atoms with Gasteiger partial charge in [0.15, 0.2) is 0 Å². The highest BCUT2D eigenvalue weighted by atomic mass is 16.5. The zero-order valence-electron chi connectivity index (χ0n) is 8.59. The van der Waals surface area contributed by atoms with Crippen LogP contribution in [0.4, 0.5) is 0 Å². The highest BCUT2D eigenvalue weighted by Crippen LogP contribution is 2.10. The first kappa shape index (κ1) is 12.0. The van der Waals surface area contributed by atoms with Gasteiger partial charge in [-0.25, -0.2) is 4.79 Å². The zero-order valence-corrected chi connectivity index (χ0v) is 8.59. The molecule has 0 fully saturated rings. The van der Waals surface area contributed by atoms with E-state index >= 15 is 0 Å². The van der Waals surface area contributed by atoms with E-state index in [9.17, 15) is 4.79 Å². The molecule has 0 aliphatic heterocycles. The third kappa shape index (κ3) is 4.55. The average molecular weight is 186 g/mol. The monoisotopic (exact) mass is 186 g/mol. The maximum atomic E-state index is 10.6. The first-order valence-corrected chi connectivity index (χ1v) is 4.69. The van der Waals surface area contributed by atoms with Crippen LogP contribution in [0.1, 0.15) is 40.0 Å². The van der Waals surface area contributed by atoms with Crippen LogP contribution >= 0.6 is 0 Å². The first-order valence-electron chi connectivity index (χ1n) is 4.69. The Morgan fingerprint density at radius 3 is 2.38 bits per heavy atom. The van der Waals surface area contributed by atoms with E-state index in [2.05, 4.69) is 6.92 Å². The fourth-order valence-corrected chi connectivity index (χ4v) is 0.934. The normalized spacial score (nSPS) is 12.2. The van der Waals surface area contributed by atoms with Crippen molar-refractivity contribution in [3.63, 3.8) is 0 Å². The minimum Gasteiger partial charge on any atom is -0.497 e.